The van der Waals surface area contributed by atoms with Gasteiger partial charge in [-0.1, -0.05) is 91.9 Å². The number of nitrogens with one attached hydrogen (secondary N) is 1. The first-order valence-corrected chi connectivity index (χ1v) is 18.0. The predicted molar refractivity (Wildman–Crippen MR) is 200 cm³/mol. The number of carbonyl (C=O) groups excluding carboxylic acids is 1. The number of para-hydroxylation sites is 2. The number of aliphatic hydroxyl groups is 1. The first kappa shape index (κ1) is 35.0. The number of hydrogen-bond donors (Lipinski definition) is 3. The van der Waals surface area contributed by atoms with Crippen molar-refractivity contribution in [3.05, 3.63) is 161 Å². The van der Waals surface area contributed by atoms with Gasteiger partial charge in [0.1, 0.15) is 5.69 Å². The minimum absolute atomic E-state index is 0.0468. The molecule has 0 spiro atoms. The van der Waals surface area contributed by atoms with Gasteiger partial charge in [-0.3, -0.25) is 9.78 Å². The van der Waals surface area contributed by atoms with E-state index in [0.29, 0.717) is 22.7 Å². The number of aromatic carboxylic acids is 1. The van der Waals surface area contributed by atoms with E-state index in [1.807, 2.05) is 103 Å². The van der Waals surface area contributed by atoms with Crippen LogP contribution in [0.4, 0.5) is 0 Å². The van der Waals surface area contributed by atoms with Crippen molar-refractivity contribution in [2.75, 3.05) is 5.75 Å². The van der Waals surface area contributed by atoms with Crippen molar-refractivity contribution < 1.29 is 29.3 Å². The molecule has 0 aliphatic carbocycles. The molecule has 10 heteroatoms. The Balaban J connectivity index is 1.10. The monoisotopic (exact) mass is 711 g/mol. The number of hydrogen-bond acceptors (Lipinski definition) is 8. The standard InChI is InChI=1S/C42H37N3O6S/c1-26-37(25-52-38-15-5-2-12-33(38)41(48)49)50-42(51-39(26)29-18-16-27(24-46)17-19-29)32-11-7-10-31(21-32)30-9-6-8-28(20-30)22-44-40(47)36-23-43-34-13-3-4-14-35(34)45-36/h2-21,23,26,37,39,42,46H,22,24-25H2,1H3,(H,44,47)(H,48,49). The van der Waals surface area contributed by atoms with E-state index in [0.717, 1.165) is 38.9 Å². The summed E-state index contributed by atoms with van der Waals surface area (Å²) >= 11 is 1.46. The normalized spacial score (nSPS) is 18.6. The molecule has 0 radical (unpaired) electrons. The van der Waals surface area contributed by atoms with E-state index in [2.05, 4.69) is 28.3 Å². The average Bonchev–Trinajstić information content (AvgIpc) is 3.19. The average molecular weight is 712 g/mol. The molecule has 6 aromatic rings. The molecule has 7 rings (SSSR count). The molecule has 3 N–H and O–H groups in total. The molecule has 9 nitrogen and oxygen atoms in total. The Bertz CT molecular complexity index is 2210. The highest BCUT2D eigenvalue weighted by Crippen LogP contribution is 2.43. The number of carboxylic acids is 1. The molecule has 0 saturated carbocycles. The van der Waals surface area contributed by atoms with Crippen LogP contribution in [0.25, 0.3) is 22.2 Å². The minimum Gasteiger partial charge on any atom is -0.478 e. The molecule has 1 aliphatic rings. The zero-order valence-electron chi connectivity index (χ0n) is 28.4. The zero-order valence-corrected chi connectivity index (χ0v) is 29.2. The fourth-order valence-electron chi connectivity index (χ4n) is 6.32. The molecule has 5 aromatic carbocycles. The Hall–Kier alpha value is -5.39. The number of carboxylic acid groups (broad SMARTS) is 1. The van der Waals surface area contributed by atoms with Crippen LogP contribution in [0, 0.1) is 5.92 Å². The molecule has 2 heterocycles. The van der Waals surface area contributed by atoms with Crippen molar-refractivity contribution in [3.63, 3.8) is 0 Å². The van der Waals surface area contributed by atoms with Gasteiger partial charge in [-0.05, 0) is 64.2 Å². The van der Waals surface area contributed by atoms with Gasteiger partial charge in [0.05, 0.1) is 41.6 Å². The molecule has 4 unspecified atom stereocenters. The van der Waals surface area contributed by atoms with Crippen molar-refractivity contribution in [2.45, 2.75) is 43.5 Å². The lowest BCUT2D eigenvalue weighted by Gasteiger charge is -2.41. The van der Waals surface area contributed by atoms with E-state index in [-0.39, 0.29) is 41.9 Å². The van der Waals surface area contributed by atoms with Crippen LogP contribution in [-0.2, 0) is 22.6 Å². The number of amides is 1. The van der Waals surface area contributed by atoms with Crippen molar-refractivity contribution in [2.24, 2.45) is 5.92 Å². The largest absolute Gasteiger partial charge is 0.478 e. The van der Waals surface area contributed by atoms with Gasteiger partial charge in [0.25, 0.3) is 5.91 Å². The summed E-state index contributed by atoms with van der Waals surface area (Å²) < 4.78 is 13.4. The number of rotatable bonds is 11. The van der Waals surface area contributed by atoms with Crippen LogP contribution in [0.2, 0.25) is 0 Å². The number of benzene rings is 5. The summed E-state index contributed by atoms with van der Waals surface area (Å²) in [5, 5.41) is 22.3. The Morgan fingerprint density at radius 2 is 1.52 bits per heavy atom. The van der Waals surface area contributed by atoms with E-state index < -0.39 is 12.3 Å². The summed E-state index contributed by atoms with van der Waals surface area (Å²) in [5.74, 6) is -0.803. The Kier molecular flexibility index (Phi) is 10.7. The van der Waals surface area contributed by atoms with Crippen LogP contribution < -0.4 is 5.32 Å². The second-order valence-corrected chi connectivity index (χ2v) is 13.7. The molecule has 1 saturated heterocycles. The van der Waals surface area contributed by atoms with E-state index in [9.17, 15) is 19.8 Å². The third kappa shape index (κ3) is 7.90. The highest BCUT2D eigenvalue weighted by atomic mass is 32.2. The number of aliphatic hydroxyl groups excluding tert-OH is 1. The van der Waals surface area contributed by atoms with Gasteiger partial charge >= 0.3 is 5.97 Å². The highest BCUT2D eigenvalue weighted by molar-refractivity contribution is 7.99. The summed E-state index contributed by atoms with van der Waals surface area (Å²) in [5.41, 5.74) is 7.40. The maximum absolute atomic E-state index is 12.9. The SMILES string of the molecule is CC1C(CSc2ccccc2C(=O)O)OC(c2cccc(-c3cccc(CNC(=O)c4cnc5ccccc5n4)c3)c2)OC1c1ccc(CO)cc1. The van der Waals surface area contributed by atoms with Gasteiger partial charge < -0.3 is 25.0 Å². The van der Waals surface area contributed by atoms with Gasteiger partial charge in [-0.25, -0.2) is 9.78 Å². The van der Waals surface area contributed by atoms with Crippen molar-refractivity contribution in [1.82, 2.24) is 15.3 Å². The summed E-state index contributed by atoms with van der Waals surface area (Å²) in [7, 11) is 0. The molecule has 4 atom stereocenters. The van der Waals surface area contributed by atoms with Crippen LogP contribution in [-0.4, -0.2) is 43.9 Å². The number of fused-ring (bicyclic) bond motifs is 1. The highest BCUT2D eigenvalue weighted by Gasteiger charge is 2.38. The fourth-order valence-corrected chi connectivity index (χ4v) is 7.53. The van der Waals surface area contributed by atoms with Crippen LogP contribution in [0.5, 0.6) is 0 Å². The molecular weight excluding hydrogens is 675 g/mol. The van der Waals surface area contributed by atoms with Gasteiger partial charge in [0.2, 0.25) is 0 Å². The third-order valence-corrected chi connectivity index (χ3v) is 10.4. The van der Waals surface area contributed by atoms with Crippen molar-refractivity contribution in [3.8, 4) is 11.1 Å². The number of aromatic nitrogens is 2. The molecule has 1 amide bonds. The van der Waals surface area contributed by atoms with Crippen LogP contribution in [0.1, 0.15) is 62.4 Å². The quantitative estimate of drug-likeness (QED) is 0.114. The van der Waals surface area contributed by atoms with E-state index >= 15 is 0 Å². The van der Waals surface area contributed by atoms with Crippen molar-refractivity contribution in [1.29, 1.82) is 0 Å². The lowest BCUT2D eigenvalue weighted by atomic mass is 9.91. The Morgan fingerprint density at radius 3 is 2.31 bits per heavy atom. The number of thioether (sulfide) groups is 1. The van der Waals surface area contributed by atoms with Crippen LogP contribution in [0.3, 0.4) is 0 Å². The molecule has 0 bridgehead atoms. The summed E-state index contributed by atoms with van der Waals surface area (Å²) in [6.07, 6.45) is 0.220. The van der Waals surface area contributed by atoms with Gasteiger partial charge in [-0.2, -0.15) is 0 Å². The summed E-state index contributed by atoms with van der Waals surface area (Å²) in [6, 6.07) is 38.2. The molecule has 1 fully saturated rings. The number of carbonyl (C=O) groups is 2. The summed E-state index contributed by atoms with van der Waals surface area (Å²) in [4.78, 5) is 34.3. The van der Waals surface area contributed by atoms with Gasteiger partial charge in [0.15, 0.2) is 6.29 Å². The van der Waals surface area contributed by atoms with Crippen LogP contribution in [0.15, 0.2) is 132 Å². The molecule has 52 heavy (non-hydrogen) atoms. The topological polar surface area (TPSA) is 131 Å². The fraction of sp³-hybridized carbons (Fsp3) is 0.190. The van der Waals surface area contributed by atoms with E-state index in [4.69, 9.17) is 9.47 Å². The molecule has 1 aliphatic heterocycles. The van der Waals surface area contributed by atoms with Crippen molar-refractivity contribution >= 4 is 34.7 Å². The molecule has 262 valence electrons. The first-order chi connectivity index (χ1) is 25.4. The molecular formula is C42H37N3O6S. The van der Waals surface area contributed by atoms with E-state index in [1.165, 1.54) is 18.0 Å². The number of ether oxygens (including phenoxy) is 2. The first-order valence-electron chi connectivity index (χ1n) is 17.0. The smallest absolute Gasteiger partial charge is 0.336 e. The minimum atomic E-state index is -0.966. The number of nitrogens with zero attached hydrogens (tertiary/aromatic N) is 2. The maximum atomic E-state index is 12.9. The predicted octanol–water partition coefficient (Wildman–Crippen LogP) is 8.00. The Morgan fingerprint density at radius 1 is 0.788 bits per heavy atom. The maximum Gasteiger partial charge on any atom is 0.336 e. The second kappa shape index (κ2) is 15.9. The lowest BCUT2D eigenvalue weighted by molar-refractivity contribution is -0.268. The molecule has 1 aromatic heterocycles. The van der Waals surface area contributed by atoms with E-state index in [1.54, 1.807) is 12.1 Å². The summed E-state index contributed by atoms with van der Waals surface area (Å²) in [6.45, 7) is 2.35. The van der Waals surface area contributed by atoms with Gasteiger partial charge in [-0.15, -0.1) is 11.8 Å². The van der Waals surface area contributed by atoms with Crippen LogP contribution >= 0.6 is 11.8 Å². The lowest BCUT2D eigenvalue weighted by Crippen LogP contribution is -2.38. The third-order valence-electron chi connectivity index (χ3n) is 9.20. The second-order valence-electron chi connectivity index (χ2n) is 12.7. The zero-order chi connectivity index (χ0) is 36.0. The Labute approximate surface area is 305 Å². The van der Waals surface area contributed by atoms with Gasteiger partial charge in [0, 0.05) is 28.7 Å².